The van der Waals surface area contributed by atoms with Crippen LogP contribution in [-0.4, -0.2) is 34.6 Å². The van der Waals surface area contributed by atoms with Crippen molar-refractivity contribution in [1.29, 1.82) is 0 Å². The fourth-order valence-corrected chi connectivity index (χ4v) is 3.33. The first-order chi connectivity index (χ1) is 10.2. The number of benzene rings is 1. The molecule has 1 aliphatic rings. The van der Waals surface area contributed by atoms with Crippen molar-refractivity contribution >= 4 is 10.9 Å². The first-order valence-electron chi connectivity index (χ1n) is 8.01. The van der Waals surface area contributed by atoms with Gasteiger partial charge in [-0.25, -0.2) is 0 Å². The predicted molar refractivity (Wildman–Crippen MR) is 86.2 cm³/mol. The first kappa shape index (κ1) is 14.5. The lowest BCUT2D eigenvalue weighted by Gasteiger charge is -2.27. The van der Waals surface area contributed by atoms with Crippen LogP contribution in [0, 0.1) is 0 Å². The first-order valence-corrected chi connectivity index (χ1v) is 8.01. The Balaban J connectivity index is 1.85. The Bertz CT molecular complexity index is 613. The number of likely N-dealkylation sites (tertiary alicyclic amines) is 1. The van der Waals surface area contributed by atoms with Gasteiger partial charge >= 0.3 is 0 Å². The third-order valence-electron chi connectivity index (χ3n) is 4.57. The molecule has 1 aromatic heterocycles. The Morgan fingerprint density at radius 3 is 2.95 bits per heavy atom. The van der Waals surface area contributed by atoms with Crippen LogP contribution >= 0.6 is 0 Å². The standard InChI is InChI=1S/C18H24N2O/c1-2-10-20-11-5-8-18(21,9-12-20)16-13-15-6-3-4-7-17(15)19-14-16/h3-4,6-7,13-14,21H,2,5,8-12H2,1H3. The molecule has 1 aromatic carbocycles. The van der Waals surface area contributed by atoms with Gasteiger partial charge in [0.15, 0.2) is 0 Å². The van der Waals surface area contributed by atoms with Gasteiger partial charge in [0, 0.05) is 23.7 Å². The molecule has 1 unspecified atom stereocenters. The summed E-state index contributed by atoms with van der Waals surface area (Å²) < 4.78 is 0. The highest BCUT2D eigenvalue weighted by Crippen LogP contribution is 2.33. The van der Waals surface area contributed by atoms with Crippen molar-refractivity contribution in [3.63, 3.8) is 0 Å². The van der Waals surface area contributed by atoms with E-state index >= 15 is 0 Å². The lowest BCUT2D eigenvalue weighted by molar-refractivity contribution is 0.0210. The Morgan fingerprint density at radius 1 is 1.24 bits per heavy atom. The minimum atomic E-state index is -0.723. The molecule has 21 heavy (non-hydrogen) atoms. The summed E-state index contributed by atoms with van der Waals surface area (Å²) in [7, 11) is 0. The minimum absolute atomic E-state index is 0.723. The van der Waals surface area contributed by atoms with E-state index in [-0.39, 0.29) is 0 Å². The third-order valence-corrected chi connectivity index (χ3v) is 4.57. The van der Waals surface area contributed by atoms with Gasteiger partial charge in [-0.05, 0) is 50.9 Å². The van der Waals surface area contributed by atoms with Gasteiger partial charge in [-0.2, -0.15) is 0 Å². The fourth-order valence-electron chi connectivity index (χ4n) is 3.33. The van der Waals surface area contributed by atoms with Crippen molar-refractivity contribution in [3.05, 3.63) is 42.1 Å². The molecule has 2 heterocycles. The van der Waals surface area contributed by atoms with Crippen LogP contribution in [0.1, 0.15) is 38.2 Å². The number of rotatable bonds is 3. The monoisotopic (exact) mass is 284 g/mol. The molecule has 3 rings (SSSR count). The Labute approximate surface area is 126 Å². The van der Waals surface area contributed by atoms with Crippen LogP contribution in [0.15, 0.2) is 36.5 Å². The van der Waals surface area contributed by atoms with E-state index in [1.165, 1.54) is 6.42 Å². The van der Waals surface area contributed by atoms with Crippen molar-refractivity contribution in [1.82, 2.24) is 9.88 Å². The van der Waals surface area contributed by atoms with E-state index in [1.807, 2.05) is 24.4 Å². The van der Waals surface area contributed by atoms with E-state index in [4.69, 9.17) is 0 Å². The maximum atomic E-state index is 11.1. The quantitative estimate of drug-likeness (QED) is 0.939. The molecule has 3 nitrogen and oxygen atoms in total. The maximum Gasteiger partial charge on any atom is 0.0924 e. The molecule has 3 heteroatoms. The second-order valence-electron chi connectivity index (χ2n) is 6.14. The molecule has 1 aliphatic heterocycles. The normalized spacial score (nSPS) is 24.1. The smallest absolute Gasteiger partial charge is 0.0924 e. The second kappa shape index (κ2) is 6.12. The van der Waals surface area contributed by atoms with E-state index in [0.717, 1.165) is 55.4 Å². The number of nitrogens with zero attached hydrogens (tertiary/aromatic N) is 2. The molecule has 1 N–H and O–H groups in total. The summed E-state index contributed by atoms with van der Waals surface area (Å²) in [5.74, 6) is 0. The van der Waals surface area contributed by atoms with E-state index in [9.17, 15) is 5.11 Å². The van der Waals surface area contributed by atoms with Crippen LogP contribution in [-0.2, 0) is 5.60 Å². The Kier molecular flexibility index (Phi) is 4.22. The molecule has 0 saturated carbocycles. The molecular formula is C18H24N2O. The van der Waals surface area contributed by atoms with E-state index < -0.39 is 5.60 Å². The van der Waals surface area contributed by atoms with Crippen LogP contribution in [0.3, 0.4) is 0 Å². The highest BCUT2D eigenvalue weighted by atomic mass is 16.3. The summed E-state index contributed by atoms with van der Waals surface area (Å²) >= 11 is 0. The Morgan fingerprint density at radius 2 is 2.10 bits per heavy atom. The van der Waals surface area contributed by atoms with Gasteiger partial charge in [-0.3, -0.25) is 4.98 Å². The lowest BCUT2D eigenvalue weighted by Crippen LogP contribution is -2.29. The number of hydrogen-bond donors (Lipinski definition) is 1. The zero-order valence-electron chi connectivity index (χ0n) is 12.8. The highest BCUT2D eigenvalue weighted by molar-refractivity contribution is 5.78. The van der Waals surface area contributed by atoms with Crippen molar-refractivity contribution in [2.24, 2.45) is 0 Å². The molecule has 0 amide bonds. The summed E-state index contributed by atoms with van der Waals surface area (Å²) in [4.78, 5) is 6.98. The molecule has 112 valence electrons. The largest absolute Gasteiger partial charge is 0.385 e. The van der Waals surface area contributed by atoms with E-state index in [2.05, 4.69) is 28.9 Å². The van der Waals surface area contributed by atoms with Gasteiger partial charge in [0.05, 0.1) is 11.1 Å². The van der Waals surface area contributed by atoms with Crippen LogP contribution in [0.4, 0.5) is 0 Å². The SMILES string of the molecule is CCCN1CCCC(O)(c2cnc3ccccc3c2)CC1. The molecule has 1 fully saturated rings. The van der Waals surface area contributed by atoms with E-state index in [1.54, 1.807) is 0 Å². The number of fused-ring (bicyclic) bond motifs is 1. The number of hydrogen-bond acceptors (Lipinski definition) is 3. The van der Waals surface area contributed by atoms with Crippen LogP contribution in [0.25, 0.3) is 10.9 Å². The maximum absolute atomic E-state index is 11.1. The van der Waals surface area contributed by atoms with Gasteiger partial charge < -0.3 is 10.0 Å². The zero-order chi connectivity index (χ0) is 14.7. The van der Waals surface area contributed by atoms with Crippen molar-refractivity contribution < 1.29 is 5.11 Å². The third kappa shape index (κ3) is 3.09. The molecule has 1 saturated heterocycles. The summed E-state index contributed by atoms with van der Waals surface area (Å²) in [5, 5.41) is 12.2. The number of pyridine rings is 1. The zero-order valence-corrected chi connectivity index (χ0v) is 12.8. The molecule has 0 radical (unpaired) electrons. The van der Waals surface area contributed by atoms with E-state index in [0.29, 0.717) is 0 Å². The number of aliphatic hydroxyl groups is 1. The van der Waals surface area contributed by atoms with Crippen LogP contribution < -0.4 is 0 Å². The summed E-state index contributed by atoms with van der Waals surface area (Å²) in [5.41, 5.74) is 1.24. The summed E-state index contributed by atoms with van der Waals surface area (Å²) in [6, 6.07) is 10.2. The van der Waals surface area contributed by atoms with Crippen molar-refractivity contribution in [3.8, 4) is 0 Å². The van der Waals surface area contributed by atoms with Gasteiger partial charge in [0.25, 0.3) is 0 Å². The molecule has 2 aromatic rings. The average molecular weight is 284 g/mol. The summed E-state index contributed by atoms with van der Waals surface area (Å²) in [6.45, 7) is 5.41. The molecular weight excluding hydrogens is 260 g/mol. The fraction of sp³-hybridized carbons (Fsp3) is 0.500. The topological polar surface area (TPSA) is 36.4 Å². The van der Waals surface area contributed by atoms with Crippen molar-refractivity contribution in [2.75, 3.05) is 19.6 Å². The molecule has 0 bridgehead atoms. The lowest BCUT2D eigenvalue weighted by atomic mass is 9.87. The van der Waals surface area contributed by atoms with Crippen LogP contribution in [0.5, 0.6) is 0 Å². The summed E-state index contributed by atoms with van der Waals surface area (Å²) in [6.07, 6.45) is 5.71. The molecule has 0 spiro atoms. The minimum Gasteiger partial charge on any atom is -0.385 e. The van der Waals surface area contributed by atoms with Gasteiger partial charge in [-0.1, -0.05) is 25.1 Å². The van der Waals surface area contributed by atoms with Gasteiger partial charge in [-0.15, -0.1) is 0 Å². The average Bonchev–Trinajstić information content (AvgIpc) is 2.70. The number of aromatic nitrogens is 1. The van der Waals surface area contributed by atoms with Crippen molar-refractivity contribution in [2.45, 2.75) is 38.2 Å². The van der Waals surface area contributed by atoms with Gasteiger partial charge in [0.1, 0.15) is 0 Å². The van der Waals surface area contributed by atoms with Gasteiger partial charge in [0.2, 0.25) is 0 Å². The Hall–Kier alpha value is -1.45. The highest BCUT2D eigenvalue weighted by Gasteiger charge is 2.32. The molecule has 1 atom stereocenters. The second-order valence-corrected chi connectivity index (χ2v) is 6.14. The van der Waals surface area contributed by atoms with Crippen LogP contribution in [0.2, 0.25) is 0 Å². The number of para-hydroxylation sites is 1. The molecule has 0 aliphatic carbocycles. The predicted octanol–water partition coefficient (Wildman–Crippen LogP) is 3.32.